The lowest BCUT2D eigenvalue weighted by atomic mass is 9.96. The standard InChI is InChI=1S/C9H21NO/c1-4-7(2)5-6-8(3)9(10)11/h7-9,11H,4-6,10H2,1-3H3. The van der Waals surface area contributed by atoms with Crippen molar-refractivity contribution in [1.29, 1.82) is 0 Å². The van der Waals surface area contributed by atoms with Gasteiger partial charge in [-0.15, -0.1) is 0 Å². The molecule has 0 aliphatic rings. The van der Waals surface area contributed by atoms with Crippen LogP contribution in [0.4, 0.5) is 0 Å². The summed E-state index contributed by atoms with van der Waals surface area (Å²) in [6.07, 6.45) is 2.78. The zero-order chi connectivity index (χ0) is 8.85. The summed E-state index contributed by atoms with van der Waals surface area (Å²) in [5, 5.41) is 8.98. The van der Waals surface area contributed by atoms with Crippen molar-refractivity contribution in [2.75, 3.05) is 0 Å². The van der Waals surface area contributed by atoms with E-state index in [0.29, 0.717) is 0 Å². The van der Waals surface area contributed by atoms with E-state index in [1.165, 1.54) is 12.8 Å². The molecule has 3 unspecified atom stereocenters. The van der Waals surface area contributed by atoms with Gasteiger partial charge in [0.15, 0.2) is 0 Å². The van der Waals surface area contributed by atoms with Gasteiger partial charge in [-0.25, -0.2) is 0 Å². The monoisotopic (exact) mass is 159 g/mol. The van der Waals surface area contributed by atoms with Gasteiger partial charge >= 0.3 is 0 Å². The molecule has 0 bridgehead atoms. The molecule has 0 spiro atoms. The van der Waals surface area contributed by atoms with Gasteiger partial charge in [-0.3, -0.25) is 0 Å². The first-order valence-corrected chi connectivity index (χ1v) is 4.51. The molecule has 0 fully saturated rings. The van der Waals surface area contributed by atoms with Gasteiger partial charge in [0, 0.05) is 0 Å². The molecule has 0 aliphatic heterocycles. The average Bonchev–Trinajstić information content (AvgIpc) is 1.99. The Labute approximate surface area is 69.8 Å². The predicted octanol–water partition coefficient (Wildman–Crippen LogP) is 1.73. The van der Waals surface area contributed by atoms with E-state index in [0.717, 1.165) is 12.3 Å². The zero-order valence-electron chi connectivity index (χ0n) is 7.88. The van der Waals surface area contributed by atoms with Crippen molar-refractivity contribution in [2.45, 2.75) is 46.3 Å². The van der Waals surface area contributed by atoms with Gasteiger partial charge < -0.3 is 10.8 Å². The van der Waals surface area contributed by atoms with E-state index >= 15 is 0 Å². The van der Waals surface area contributed by atoms with Crippen LogP contribution in [0.1, 0.15) is 40.0 Å². The van der Waals surface area contributed by atoms with Gasteiger partial charge in [0.2, 0.25) is 0 Å². The number of aliphatic hydroxyl groups is 1. The minimum atomic E-state index is -0.640. The van der Waals surface area contributed by atoms with Crippen LogP contribution in [0, 0.1) is 11.8 Å². The maximum atomic E-state index is 8.98. The third kappa shape index (κ3) is 5.22. The second-order valence-electron chi connectivity index (χ2n) is 3.56. The molecule has 3 atom stereocenters. The first-order valence-electron chi connectivity index (χ1n) is 4.51. The van der Waals surface area contributed by atoms with E-state index < -0.39 is 6.23 Å². The molecule has 0 saturated carbocycles. The van der Waals surface area contributed by atoms with Gasteiger partial charge in [0.25, 0.3) is 0 Å². The molecular weight excluding hydrogens is 138 g/mol. The van der Waals surface area contributed by atoms with Crippen molar-refractivity contribution in [3.8, 4) is 0 Å². The minimum Gasteiger partial charge on any atom is -0.379 e. The van der Waals surface area contributed by atoms with Crippen LogP contribution in [-0.2, 0) is 0 Å². The number of hydrogen-bond acceptors (Lipinski definition) is 2. The second kappa shape index (κ2) is 5.56. The Hall–Kier alpha value is -0.0800. The lowest BCUT2D eigenvalue weighted by Gasteiger charge is -2.16. The van der Waals surface area contributed by atoms with Crippen molar-refractivity contribution in [3.63, 3.8) is 0 Å². The van der Waals surface area contributed by atoms with E-state index in [-0.39, 0.29) is 5.92 Å². The van der Waals surface area contributed by atoms with Crippen LogP contribution in [-0.4, -0.2) is 11.3 Å². The third-order valence-corrected chi connectivity index (χ3v) is 2.39. The van der Waals surface area contributed by atoms with Crippen molar-refractivity contribution < 1.29 is 5.11 Å². The molecule has 0 radical (unpaired) electrons. The molecule has 0 amide bonds. The molecular formula is C9H21NO. The molecule has 3 N–H and O–H groups in total. The summed E-state index contributed by atoms with van der Waals surface area (Å²) >= 11 is 0. The van der Waals surface area contributed by atoms with Crippen LogP contribution in [0.5, 0.6) is 0 Å². The highest BCUT2D eigenvalue weighted by Crippen LogP contribution is 2.15. The Morgan fingerprint density at radius 2 is 1.82 bits per heavy atom. The van der Waals surface area contributed by atoms with E-state index in [2.05, 4.69) is 13.8 Å². The van der Waals surface area contributed by atoms with Crippen molar-refractivity contribution in [3.05, 3.63) is 0 Å². The quantitative estimate of drug-likeness (QED) is 0.600. The number of aliphatic hydroxyl groups excluding tert-OH is 1. The van der Waals surface area contributed by atoms with Gasteiger partial charge in [-0.05, 0) is 18.3 Å². The van der Waals surface area contributed by atoms with Crippen LogP contribution in [0.3, 0.4) is 0 Å². The van der Waals surface area contributed by atoms with E-state index in [1.807, 2.05) is 6.92 Å². The third-order valence-electron chi connectivity index (χ3n) is 2.39. The number of nitrogens with two attached hydrogens (primary N) is 1. The fourth-order valence-electron chi connectivity index (χ4n) is 0.922. The van der Waals surface area contributed by atoms with Crippen molar-refractivity contribution in [1.82, 2.24) is 0 Å². The summed E-state index contributed by atoms with van der Waals surface area (Å²) in [6, 6.07) is 0. The van der Waals surface area contributed by atoms with Gasteiger partial charge in [0.1, 0.15) is 6.23 Å². The first-order chi connectivity index (χ1) is 5.07. The summed E-state index contributed by atoms with van der Waals surface area (Å²) in [5.74, 6) is 1.00. The molecule has 0 saturated heterocycles. The largest absolute Gasteiger partial charge is 0.379 e. The van der Waals surface area contributed by atoms with Crippen LogP contribution < -0.4 is 5.73 Å². The molecule has 2 heteroatoms. The van der Waals surface area contributed by atoms with Crippen molar-refractivity contribution >= 4 is 0 Å². The van der Waals surface area contributed by atoms with Crippen LogP contribution in [0.25, 0.3) is 0 Å². The summed E-state index contributed by atoms with van der Waals surface area (Å²) < 4.78 is 0. The minimum absolute atomic E-state index is 0.240. The molecule has 11 heavy (non-hydrogen) atoms. The Morgan fingerprint density at radius 1 is 1.27 bits per heavy atom. The average molecular weight is 159 g/mol. The first kappa shape index (κ1) is 10.9. The normalized spacial score (nSPS) is 19.4. The smallest absolute Gasteiger partial charge is 0.104 e. The van der Waals surface area contributed by atoms with Crippen LogP contribution in [0.15, 0.2) is 0 Å². The van der Waals surface area contributed by atoms with Gasteiger partial charge in [0.05, 0.1) is 0 Å². The fraction of sp³-hybridized carbons (Fsp3) is 1.00. The van der Waals surface area contributed by atoms with Crippen LogP contribution in [0.2, 0.25) is 0 Å². The maximum Gasteiger partial charge on any atom is 0.104 e. The molecule has 0 heterocycles. The van der Waals surface area contributed by atoms with Gasteiger partial charge in [-0.2, -0.15) is 0 Å². The van der Waals surface area contributed by atoms with E-state index in [1.54, 1.807) is 0 Å². The lowest BCUT2D eigenvalue weighted by molar-refractivity contribution is 0.114. The Morgan fingerprint density at radius 3 is 2.18 bits per heavy atom. The zero-order valence-corrected chi connectivity index (χ0v) is 7.88. The molecule has 0 aromatic heterocycles. The highest BCUT2D eigenvalue weighted by molar-refractivity contribution is 4.60. The molecule has 68 valence electrons. The fourth-order valence-corrected chi connectivity index (χ4v) is 0.922. The summed E-state index contributed by atoms with van der Waals surface area (Å²) in [4.78, 5) is 0. The molecule has 2 nitrogen and oxygen atoms in total. The maximum absolute atomic E-state index is 8.98. The molecule has 0 aromatic carbocycles. The molecule has 0 aliphatic carbocycles. The van der Waals surface area contributed by atoms with Crippen LogP contribution >= 0.6 is 0 Å². The Kier molecular flexibility index (Phi) is 5.51. The summed E-state index contributed by atoms with van der Waals surface area (Å²) in [6.45, 7) is 6.41. The van der Waals surface area contributed by atoms with Gasteiger partial charge in [-0.1, -0.05) is 33.6 Å². The molecule has 0 rings (SSSR count). The second-order valence-corrected chi connectivity index (χ2v) is 3.56. The summed E-state index contributed by atoms with van der Waals surface area (Å²) in [7, 11) is 0. The number of hydrogen-bond donors (Lipinski definition) is 2. The Bertz CT molecular complexity index is 93.6. The highest BCUT2D eigenvalue weighted by Gasteiger charge is 2.09. The lowest BCUT2D eigenvalue weighted by Crippen LogP contribution is -2.27. The number of rotatable bonds is 5. The SMILES string of the molecule is CCC(C)CCC(C)C(N)O. The van der Waals surface area contributed by atoms with Crippen molar-refractivity contribution in [2.24, 2.45) is 17.6 Å². The predicted molar refractivity (Wildman–Crippen MR) is 48.0 cm³/mol. The van der Waals surface area contributed by atoms with E-state index in [4.69, 9.17) is 10.8 Å². The molecule has 0 aromatic rings. The summed E-state index contributed by atoms with van der Waals surface area (Å²) in [5.41, 5.74) is 5.32. The topological polar surface area (TPSA) is 46.2 Å². The van der Waals surface area contributed by atoms with E-state index in [9.17, 15) is 0 Å². The Balaban J connectivity index is 3.37. The highest BCUT2D eigenvalue weighted by atomic mass is 16.3.